The number of hydrogen-bond acceptors (Lipinski definition) is 6. The zero-order chi connectivity index (χ0) is 15.5. The number of para-hydroxylation sites is 1. The van der Waals surface area contributed by atoms with Gasteiger partial charge in [0.15, 0.2) is 11.5 Å². The van der Waals surface area contributed by atoms with Gasteiger partial charge in [0.1, 0.15) is 11.8 Å². The van der Waals surface area contributed by atoms with Gasteiger partial charge in [-0.15, -0.1) is 0 Å². The molecule has 0 spiro atoms. The Morgan fingerprint density at radius 2 is 2.09 bits per heavy atom. The molecule has 0 fully saturated rings. The summed E-state index contributed by atoms with van der Waals surface area (Å²) >= 11 is 0. The number of hydrogen-bond donors (Lipinski definition) is 2. The molecule has 2 N–H and O–H groups in total. The van der Waals surface area contributed by atoms with Crippen molar-refractivity contribution in [3.8, 4) is 0 Å². The maximum atomic E-state index is 11.3. The van der Waals surface area contributed by atoms with Gasteiger partial charge in [-0.05, 0) is 6.42 Å². The van der Waals surface area contributed by atoms with Crippen molar-refractivity contribution >= 4 is 22.7 Å². The summed E-state index contributed by atoms with van der Waals surface area (Å²) in [7, 11) is 0. The van der Waals surface area contributed by atoms with E-state index in [0.29, 0.717) is 35.5 Å². The average Bonchev–Trinajstić information content (AvgIpc) is 3.01. The summed E-state index contributed by atoms with van der Waals surface area (Å²) in [6.45, 7) is 2.19. The Hall–Kier alpha value is -3.03. The van der Waals surface area contributed by atoms with Crippen LogP contribution in [0.5, 0.6) is 0 Å². The standard InChI is InChI=1S/C14H14N6O2/c1-2-9-4-3-5-10(12(9)20(21)22)6-15-13-11-14(17-7-16-11)19-8-18-13/h3-5,7-8H,2,6H2,1H3,(H2,15,16,17,18,19). The lowest BCUT2D eigenvalue weighted by Crippen LogP contribution is -2.07. The van der Waals surface area contributed by atoms with Crippen molar-refractivity contribution in [3.05, 3.63) is 52.1 Å². The molecule has 0 bridgehead atoms. The van der Waals surface area contributed by atoms with Gasteiger partial charge in [0, 0.05) is 17.7 Å². The van der Waals surface area contributed by atoms with Crippen LogP contribution in [0.4, 0.5) is 11.5 Å². The second kappa shape index (κ2) is 5.76. The maximum Gasteiger partial charge on any atom is 0.277 e. The van der Waals surface area contributed by atoms with Gasteiger partial charge in [-0.2, -0.15) is 0 Å². The van der Waals surface area contributed by atoms with E-state index in [0.717, 1.165) is 5.56 Å². The van der Waals surface area contributed by atoms with Crippen LogP contribution in [-0.2, 0) is 13.0 Å². The molecule has 112 valence electrons. The van der Waals surface area contributed by atoms with Crippen LogP contribution < -0.4 is 5.32 Å². The zero-order valence-corrected chi connectivity index (χ0v) is 11.9. The van der Waals surface area contributed by atoms with Crippen LogP contribution in [0.25, 0.3) is 11.2 Å². The number of rotatable bonds is 5. The van der Waals surface area contributed by atoms with Gasteiger partial charge in [0.05, 0.1) is 11.3 Å². The Balaban J connectivity index is 1.91. The van der Waals surface area contributed by atoms with Crippen molar-refractivity contribution in [2.75, 3.05) is 5.32 Å². The van der Waals surface area contributed by atoms with Gasteiger partial charge in [-0.3, -0.25) is 10.1 Å². The molecule has 2 heterocycles. The molecule has 0 saturated heterocycles. The summed E-state index contributed by atoms with van der Waals surface area (Å²) in [4.78, 5) is 26.2. The molecule has 0 aliphatic rings. The highest BCUT2D eigenvalue weighted by atomic mass is 16.6. The third-order valence-electron chi connectivity index (χ3n) is 3.43. The van der Waals surface area contributed by atoms with Crippen LogP contribution in [-0.4, -0.2) is 24.9 Å². The Morgan fingerprint density at radius 3 is 2.86 bits per heavy atom. The first-order chi connectivity index (χ1) is 10.7. The molecule has 2 aromatic heterocycles. The van der Waals surface area contributed by atoms with Crippen molar-refractivity contribution in [1.29, 1.82) is 0 Å². The highest BCUT2D eigenvalue weighted by Gasteiger charge is 2.18. The lowest BCUT2D eigenvalue weighted by Gasteiger charge is -2.08. The molecule has 0 unspecified atom stereocenters. The SMILES string of the molecule is CCc1cccc(CNc2ncnc3[nH]cnc23)c1[N+](=O)[O-]. The summed E-state index contributed by atoms with van der Waals surface area (Å²) in [5.74, 6) is 0.544. The number of nitrogens with one attached hydrogen (secondary N) is 2. The molecule has 3 aromatic rings. The summed E-state index contributed by atoms with van der Waals surface area (Å²) in [6.07, 6.45) is 3.56. The Morgan fingerprint density at radius 1 is 1.27 bits per heavy atom. The van der Waals surface area contributed by atoms with Crippen LogP contribution in [0, 0.1) is 10.1 Å². The smallest absolute Gasteiger partial charge is 0.277 e. The first-order valence-corrected chi connectivity index (χ1v) is 6.83. The van der Waals surface area contributed by atoms with Crippen LogP contribution in [0.1, 0.15) is 18.1 Å². The molecule has 1 aromatic carbocycles. The molecule has 8 nitrogen and oxygen atoms in total. The number of aromatic amines is 1. The summed E-state index contributed by atoms with van der Waals surface area (Å²) in [5.41, 5.74) is 2.72. The monoisotopic (exact) mass is 298 g/mol. The van der Waals surface area contributed by atoms with E-state index in [-0.39, 0.29) is 10.6 Å². The molecule has 22 heavy (non-hydrogen) atoms. The predicted octanol–water partition coefficient (Wildman–Crippen LogP) is 2.44. The summed E-state index contributed by atoms with van der Waals surface area (Å²) in [6, 6.07) is 5.35. The third-order valence-corrected chi connectivity index (χ3v) is 3.43. The normalized spacial score (nSPS) is 10.8. The highest BCUT2D eigenvalue weighted by molar-refractivity contribution is 5.81. The van der Waals surface area contributed by atoms with E-state index in [1.807, 2.05) is 13.0 Å². The largest absolute Gasteiger partial charge is 0.364 e. The lowest BCUT2D eigenvalue weighted by molar-refractivity contribution is -0.386. The first-order valence-electron chi connectivity index (χ1n) is 6.83. The van der Waals surface area contributed by atoms with Crippen molar-refractivity contribution in [1.82, 2.24) is 19.9 Å². The molecule has 0 amide bonds. The van der Waals surface area contributed by atoms with Gasteiger partial charge in [0.25, 0.3) is 5.69 Å². The number of nitrogens with zero attached hydrogens (tertiary/aromatic N) is 4. The Bertz CT molecular complexity index is 829. The van der Waals surface area contributed by atoms with Gasteiger partial charge in [0.2, 0.25) is 0 Å². The quantitative estimate of drug-likeness (QED) is 0.553. The fourth-order valence-electron chi connectivity index (χ4n) is 2.38. The van der Waals surface area contributed by atoms with E-state index >= 15 is 0 Å². The minimum Gasteiger partial charge on any atom is -0.364 e. The Labute approximate surface area is 125 Å². The first kappa shape index (κ1) is 13.9. The van der Waals surface area contributed by atoms with E-state index in [4.69, 9.17) is 0 Å². The molecule has 8 heteroatoms. The maximum absolute atomic E-state index is 11.3. The van der Waals surface area contributed by atoms with E-state index in [1.165, 1.54) is 12.7 Å². The molecular formula is C14H14N6O2. The van der Waals surface area contributed by atoms with E-state index in [1.54, 1.807) is 12.1 Å². The molecule has 0 radical (unpaired) electrons. The van der Waals surface area contributed by atoms with Gasteiger partial charge < -0.3 is 10.3 Å². The number of imidazole rings is 1. The van der Waals surface area contributed by atoms with Crippen LogP contribution in [0.3, 0.4) is 0 Å². The minimum absolute atomic E-state index is 0.157. The predicted molar refractivity (Wildman–Crippen MR) is 81.5 cm³/mol. The van der Waals surface area contributed by atoms with Gasteiger partial charge in [-0.25, -0.2) is 15.0 Å². The number of fused-ring (bicyclic) bond motifs is 1. The molecule has 0 aliphatic heterocycles. The Kier molecular flexibility index (Phi) is 3.65. The van der Waals surface area contributed by atoms with Crippen LogP contribution in [0.2, 0.25) is 0 Å². The van der Waals surface area contributed by atoms with Crippen LogP contribution in [0.15, 0.2) is 30.9 Å². The third kappa shape index (κ3) is 2.46. The van der Waals surface area contributed by atoms with E-state index < -0.39 is 0 Å². The second-order valence-electron chi connectivity index (χ2n) is 4.71. The summed E-state index contributed by atoms with van der Waals surface area (Å²) in [5, 5.41) is 14.4. The minimum atomic E-state index is -0.333. The van der Waals surface area contributed by atoms with Crippen molar-refractivity contribution < 1.29 is 4.92 Å². The molecule has 0 aliphatic carbocycles. The average molecular weight is 298 g/mol. The molecule has 3 rings (SSSR count). The van der Waals surface area contributed by atoms with Crippen LogP contribution >= 0.6 is 0 Å². The number of benzene rings is 1. The van der Waals surface area contributed by atoms with Gasteiger partial charge >= 0.3 is 0 Å². The van der Waals surface area contributed by atoms with Gasteiger partial charge in [-0.1, -0.05) is 25.1 Å². The van der Waals surface area contributed by atoms with Crippen molar-refractivity contribution in [2.24, 2.45) is 0 Å². The number of anilines is 1. The topological polar surface area (TPSA) is 110 Å². The molecule has 0 atom stereocenters. The number of nitro groups is 1. The lowest BCUT2D eigenvalue weighted by atomic mass is 10.1. The number of aromatic nitrogens is 4. The van der Waals surface area contributed by atoms with Crippen molar-refractivity contribution in [3.63, 3.8) is 0 Å². The number of aryl methyl sites for hydroxylation is 1. The fraction of sp³-hybridized carbons (Fsp3) is 0.214. The molecular weight excluding hydrogens is 284 g/mol. The fourth-order valence-corrected chi connectivity index (χ4v) is 2.38. The second-order valence-corrected chi connectivity index (χ2v) is 4.71. The van der Waals surface area contributed by atoms with Crippen molar-refractivity contribution in [2.45, 2.75) is 19.9 Å². The van der Waals surface area contributed by atoms with E-state index in [9.17, 15) is 10.1 Å². The summed E-state index contributed by atoms with van der Waals surface area (Å²) < 4.78 is 0. The molecule has 0 saturated carbocycles. The number of H-pyrrole nitrogens is 1. The van der Waals surface area contributed by atoms with E-state index in [2.05, 4.69) is 25.3 Å². The zero-order valence-electron chi connectivity index (χ0n) is 11.9. The highest BCUT2D eigenvalue weighted by Crippen LogP contribution is 2.25. The number of nitro benzene ring substituents is 1.